The van der Waals surface area contributed by atoms with Crippen LogP contribution in [0.1, 0.15) is 5.56 Å². The Kier molecular flexibility index (Phi) is 4.07. The van der Waals surface area contributed by atoms with Crippen LogP contribution in [0.15, 0.2) is 36.4 Å². The first-order valence-electron chi connectivity index (χ1n) is 5.99. The third-order valence-corrected chi connectivity index (χ3v) is 3.62. The van der Waals surface area contributed by atoms with Gasteiger partial charge in [0.15, 0.2) is 0 Å². The van der Waals surface area contributed by atoms with Crippen LogP contribution in [0, 0.1) is 0 Å². The summed E-state index contributed by atoms with van der Waals surface area (Å²) in [6.45, 7) is 0.417. The van der Waals surface area contributed by atoms with Crippen molar-refractivity contribution >= 4 is 20.8 Å². The number of methoxy groups -OCH3 is 1. The van der Waals surface area contributed by atoms with Gasteiger partial charge in [0.1, 0.15) is 5.75 Å². The molecule has 0 radical (unpaired) electrons. The van der Waals surface area contributed by atoms with E-state index >= 15 is 0 Å². The van der Waals surface area contributed by atoms with E-state index in [0.717, 1.165) is 22.1 Å². The third kappa shape index (κ3) is 3.94. The summed E-state index contributed by atoms with van der Waals surface area (Å²) in [4.78, 5) is 0. The quantitative estimate of drug-likeness (QED) is 0.910. The second-order valence-corrected chi connectivity index (χ2v) is 6.30. The molecule has 0 saturated heterocycles. The van der Waals surface area contributed by atoms with E-state index in [-0.39, 0.29) is 0 Å². The van der Waals surface area contributed by atoms with Gasteiger partial charge in [0.05, 0.1) is 13.4 Å². The number of rotatable bonds is 5. The van der Waals surface area contributed by atoms with Crippen LogP contribution in [0.25, 0.3) is 10.8 Å². The maximum absolute atomic E-state index is 11.0. The minimum absolute atomic E-state index is 0.417. The zero-order valence-electron chi connectivity index (χ0n) is 11.0. The number of nitrogens with one attached hydrogen (secondary N) is 1. The highest BCUT2D eigenvalue weighted by Crippen LogP contribution is 2.21. The lowest BCUT2D eigenvalue weighted by molar-refractivity contribution is 0.415. The average molecular weight is 279 g/mol. The van der Waals surface area contributed by atoms with Gasteiger partial charge in [-0.25, -0.2) is 13.1 Å². The SMILES string of the molecule is COc1ccc2cc(CCNS(C)(=O)=O)ccc2c1. The average Bonchev–Trinajstić information content (AvgIpc) is 2.36. The van der Waals surface area contributed by atoms with Gasteiger partial charge in [-0.3, -0.25) is 0 Å². The zero-order valence-corrected chi connectivity index (χ0v) is 11.8. The van der Waals surface area contributed by atoms with E-state index in [1.807, 2.05) is 30.3 Å². The first-order chi connectivity index (χ1) is 8.98. The van der Waals surface area contributed by atoms with E-state index < -0.39 is 10.0 Å². The van der Waals surface area contributed by atoms with Crippen LogP contribution in [0.5, 0.6) is 5.75 Å². The summed E-state index contributed by atoms with van der Waals surface area (Å²) in [7, 11) is -1.47. The molecular weight excluding hydrogens is 262 g/mol. The smallest absolute Gasteiger partial charge is 0.208 e. The molecule has 2 aromatic carbocycles. The Hall–Kier alpha value is -1.59. The first kappa shape index (κ1) is 13.8. The van der Waals surface area contributed by atoms with Crippen LogP contribution in [0.3, 0.4) is 0 Å². The molecule has 0 aliphatic carbocycles. The van der Waals surface area contributed by atoms with E-state index in [9.17, 15) is 8.42 Å². The molecule has 19 heavy (non-hydrogen) atoms. The molecule has 4 nitrogen and oxygen atoms in total. The molecule has 1 N–H and O–H groups in total. The third-order valence-electron chi connectivity index (χ3n) is 2.89. The van der Waals surface area contributed by atoms with E-state index in [1.54, 1.807) is 7.11 Å². The summed E-state index contributed by atoms with van der Waals surface area (Å²) in [5, 5.41) is 2.23. The highest BCUT2D eigenvalue weighted by atomic mass is 32.2. The number of ether oxygens (including phenoxy) is 1. The van der Waals surface area contributed by atoms with Gasteiger partial charge in [0, 0.05) is 6.54 Å². The molecule has 0 unspecified atom stereocenters. The number of benzene rings is 2. The predicted molar refractivity (Wildman–Crippen MR) is 77.1 cm³/mol. The molecule has 0 saturated carbocycles. The predicted octanol–water partition coefficient (Wildman–Crippen LogP) is 1.94. The van der Waals surface area contributed by atoms with Gasteiger partial charge in [-0.15, -0.1) is 0 Å². The van der Waals surface area contributed by atoms with E-state index in [4.69, 9.17) is 4.74 Å². The Morgan fingerprint density at radius 2 is 1.79 bits per heavy atom. The summed E-state index contributed by atoms with van der Waals surface area (Å²) in [6.07, 6.45) is 1.84. The zero-order chi connectivity index (χ0) is 13.9. The van der Waals surface area contributed by atoms with Crippen LogP contribution >= 0.6 is 0 Å². The summed E-state index contributed by atoms with van der Waals surface area (Å²) in [5.41, 5.74) is 1.11. The number of sulfonamides is 1. The lowest BCUT2D eigenvalue weighted by atomic mass is 10.0. The lowest BCUT2D eigenvalue weighted by Gasteiger charge is -2.06. The maximum atomic E-state index is 11.0. The Bertz CT molecular complexity index is 680. The summed E-state index contributed by atoms with van der Waals surface area (Å²) >= 11 is 0. The van der Waals surface area contributed by atoms with Crippen molar-refractivity contribution in [2.75, 3.05) is 19.9 Å². The van der Waals surface area contributed by atoms with Crippen LogP contribution in [0.2, 0.25) is 0 Å². The van der Waals surface area contributed by atoms with Crippen LogP contribution in [-0.4, -0.2) is 28.3 Å². The van der Waals surface area contributed by atoms with E-state index in [2.05, 4.69) is 10.8 Å². The fraction of sp³-hybridized carbons (Fsp3) is 0.286. The van der Waals surface area contributed by atoms with Gasteiger partial charge in [-0.2, -0.15) is 0 Å². The molecule has 2 aromatic rings. The van der Waals surface area contributed by atoms with Crippen molar-refractivity contribution in [1.29, 1.82) is 0 Å². The molecule has 0 aliphatic rings. The molecule has 5 heteroatoms. The topological polar surface area (TPSA) is 55.4 Å². The van der Waals surface area contributed by atoms with E-state index in [1.165, 1.54) is 6.26 Å². The molecule has 0 atom stereocenters. The fourth-order valence-corrected chi connectivity index (χ4v) is 2.41. The minimum atomic E-state index is -3.11. The fourth-order valence-electron chi connectivity index (χ4n) is 1.94. The minimum Gasteiger partial charge on any atom is -0.497 e. The van der Waals surface area contributed by atoms with Crippen molar-refractivity contribution in [2.24, 2.45) is 0 Å². The Labute approximate surface area is 113 Å². The van der Waals surface area contributed by atoms with Crippen molar-refractivity contribution in [3.63, 3.8) is 0 Å². The number of hydrogen-bond acceptors (Lipinski definition) is 3. The Balaban J connectivity index is 2.13. The summed E-state index contributed by atoms with van der Waals surface area (Å²) < 4.78 is 29.6. The van der Waals surface area contributed by atoms with Crippen LogP contribution in [-0.2, 0) is 16.4 Å². The van der Waals surface area contributed by atoms with Crippen molar-refractivity contribution in [1.82, 2.24) is 4.72 Å². The number of hydrogen-bond donors (Lipinski definition) is 1. The summed E-state index contributed by atoms with van der Waals surface area (Å²) in [5.74, 6) is 0.832. The van der Waals surface area contributed by atoms with Gasteiger partial charge in [-0.05, 0) is 34.9 Å². The lowest BCUT2D eigenvalue weighted by Crippen LogP contribution is -2.24. The van der Waals surface area contributed by atoms with Gasteiger partial charge >= 0.3 is 0 Å². The maximum Gasteiger partial charge on any atom is 0.208 e. The number of fused-ring (bicyclic) bond motifs is 1. The molecule has 0 fully saturated rings. The van der Waals surface area contributed by atoms with Crippen LogP contribution in [0.4, 0.5) is 0 Å². The molecule has 0 bridgehead atoms. The van der Waals surface area contributed by atoms with E-state index in [0.29, 0.717) is 13.0 Å². The Morgan fingerprint density at radius 1 is 1.11 bits per heavy atom. The van der Waals surface area contributed by atoms with Crippen molar-refractivity contribution in [3.05, 3.63) is 42.0 Å². The standard InChI is InChI=1S/C14H17NO3S/c1-18-14-6-5-12-9-11(3-4-13(12)10-14)7-8-15-19(2,16)17/h3-6,9-10,15H,7-8H2,1-2H3. The van der Waals surface area contributed by atoms with Gasteiger partial charge in [0.2, 0.25) is 10.0 Å². The molecule has 0 aliphatic heterocycles. The molecule has 0 heterocycles. The molecule has 0 amide bonds. The van der Waals surface area contributed by atoms with Gasteiger partial charge in [-0.1, -0.05) is 24.3 Å². The van der Waals surface area contributed by atoms with Gasteiger partial charge in [0.25, 0.3) is 0 Å². The first-order valence-corrected chi connectivity index (χ1v) is 7.88. The Morgan fingerprint density at radius 3 is 2.47 bits per heavy atom. The normalized spacial score (nSPS) is 11.7. The second kappa shape index (κ2) is 5.59. The van der Waals surface area contributed by atoms with Crippen LogP contribution < -0.4 is 9.46 Å². The molecule has 2 rings (SSSR count). The molecule has 0 aromatic heterocycles. The van der Waals surface area contributed by atoms with Crippen molar-refractivity contribution in [3.8, 4) is 5.75 Å². The van der Waals surface area contributed by atoms with Crippen molar-refractivity contribution in [2.45, 2.75) is 6.42 Å². The molecule has 102 valence electrons. The van der Waals surface area contributed by atoms with Gasteiger partial charge < -0.3 is 4.74 Å². The summed E-state index contributed by atoms with van der Waals surface area (Å²) in [6, 6.07) is 12.0. The highest BCUT2D eigenvalue weighted by molar-refractivity contribution is 7.88. The second-order valence-electron chi connectivity index (χ2n) is 4.46. The molecule has 0 spiro atoms. The largest absolute Gasteiger partial charge is 0.497 e. The monoisotopic (exact) mass is 279 g/mol. The molecular formula is C14H17NO3S. The van der Waals surface area contributed by atoms with Crippen molar-refractivity contribution < 1.29 is 13.2 Å². The highest BCUT2D eigenvalue weighted by Gasteiger charge is 2.02.